The quantitative estimate of drug-likeness (QED) is 0.536. The van der Waals surface area contributed by atoms with Crippen LogP contribution in [-0.4, -0.2) is 67.4 Å². The lowest BCUT2D eigenvalue weighted by Crippen LogP contribution is -2.61. The minimum absolute atomic E-state index is 0.0178. The summed E-state index contributed by atoms with van der Waals surface area (Å²) in [5.74, 6) is -0.831. The van der Waals surface area contributed by atoms with Gasteiger partial charge in [0.1, 0.15) is 0 Å². The number of rotatable bonds is 6. The molecule has 0 aliphatic carbocycles. The number of carbonyl (C=O) groups excluding carboxylic acids is 1. The summed E-state index contributed by atoms with van der Waals surface area (Å²) in [6, 6.07) is 10.1. The largest absolute Gasteiger partial charge is 0.733 e. The first-order valence-corrected chi connectivity index (χ1v) is 13.6. The number of anilines is 2. The highest BCUT2D eigenvalue weighted by Gasteiger charge is 2.49. The smallest absolute Gasteiger partial charge is 0.250 e. The van der Waals surface area contributed by atoms with Crippen molar-refractivity contribution in [3.8, 4) is 0 Å². The van der Waals surface area contributed by atoms with Crippen LogP contribution in [0.2, 0.25) is 0 Å². The van der Waals surface area contributed by atoms with Gasteiger partial charge in [0.25, 0.3) is 5.56 Å². The van der Waals surface area contributed by atoms with Crippen LogP contribution >= 0.6 is 0 Å². The minimum Gasteiger partial charge on any atom is -0.733 e. The SMILES string of the molecule is CN(C)S(=O)(=O)CCNC(=O)[C@@H]1Cc2cc(N([O-])O)ccc2N2CC3CC(Cn4c3cccc4=O)[C@@H]12. The summed E-state index contributed by atoms with van der Waals surface area (Å²) >= 11 is 0. The van der Waals surface area contributed by atoms with Gasteiger partial charge in [-0.15, -0.1) is 0 Å². The minimum atomic E-state index is -3.46. The molecule has 1 amide bonds. The number of nitrogens with zero attached hydrogens (tertiary/aromatic N) is 4. The number of nitrogens with one attached hydrogen (secondary N) is 1. The van der Waals surface area contributed by atoms with Gasteiger partial charge in [-0.1, -0.05) is 6.07 Å². The highest BCUT2D eigenvalue weighted by Crippen LogP contribution is 2.47. The number of hydrogen-bond donors (Lipinski definition) is 2. The molecule has 5 rings (SSSR count). The molecule has 1 fully saturated rings. The van der Waals surface area contributed by atoms with Crippen molar-refractivity contribution < 1.29 is 18.4 Å². The molecular formula is C24H30N5O6S-. The van der Waals surface area contributed by atoms with Crippen molar-refractivity contribution in [2.45, 2.75) is 31.3 Å². The zero-order valence-electron chi connectivity index (χ0n) is 20.2. The zero-order valence-corrected chi connectivity index (χ0v) is 21.0. The monoisotopic (exact) mass is 516 g/mol. The van der Waals surface area contributed by atoms with Gasteiger partial charge in [0.05, 0.1) is 17.4 Å². The normalized spacial score (nSPS) is 24.5. The Balaban J connectivity index is 1.49. The molecule has 3 aliphatic rings. The first-order valence-electron chi connectivity index (χ1n) is 12.0. The molecule has 12 heteroatoms. The molecule has 2 aromatic rings. The van der Waals surface area contributed by atoms with Gasteiger partial charge in [0.2, 0.25) is 15.9 Å². The lowest BCUT2D eigenvalue weighted by Gasteiger charge is -2.54. The Hall–Kier alpha value is -2.93. The van der Waals surface area contributed by atoms with Gasteiger partial charge in [-0.05, 0) is 48.6 Å². The Morgan fingerprint density at radius 3 is 2.72 bits per heavy atom. The highest BCUT2D eigenvalue weighted by atomic mass is 32.2. The van der Waals surface area contributed by atoms with Crippen LogP contribution in [0.1, 0.15) is 23.6 Å². The van der Waals surface area contributed by atoms with E-state index in [0.29, 0.717) is 19.5 Å². The highest BCUT2D eigenvalue weighted by molar-refractivity contribution is 7.89. The third kappa shape index (κ3) is 4.27. The van der Waals surface area contributed by atoms with Crippen LogP contribution in [-0.2, 0) is 27.8 Å². The van der Waals surface area contributed by atoms with E-state index in [4.69, 9.17) is 0 Å². The van der Waals surface area contributed by atoms with Crippen molar-refractivity contribution in [1.82, 2.24) is 14.2 Å². The second kappa shape index (κ2) is 9.18. The first-order chi connectivity index (χ1) is 17.1. The molecule has 11 nitrogen and oxygen atoms in total. The fraction of sp³-hybridized carbons (Fsp3) is 0.500. The molecule has 4 atom stereocenters. The molecule has 2 unspecified atom stereocenters. The van der Waals surface area contributed by atoms with Gasteiger partial charge in [0, 0.05) is 63.1 Å². The number of fused-ring (bicyclic) bond motifs is 8. The zero-order chi connectivity index (χ0) is 25.8. The Morgan fingerprint density at radius 2 is 2.00 bits per heavy atom. The van der Waals surface area contributed by atoms with Crippen LogP contribution in [0.3, 0.4) is 0 Å². The Morgan fingerprint density at radius 1 is 1.22 bits per heavy atom. The number of amides is 1. The van der Waals surface area contributed by atoms with Crippen molar-refractivity contribution in [2.24, 2.45) is 11.8 Å². The average molecular weight is 517 g/mol. The van der Waals surface area contributed by atoms with Crippen molar-refractivity contribution in [3.63, 3.8) is 0 Å². The van der Waals surface area contributed by atoms with E-state index in [1.807, 2.05) is 10.6 Å². The lowest BCUT2D eigenvalue weighted by molar-refractivity contribution is -0.126. The predicted octanol–water partition coefficient (Wildman–Crippen LogP) is 0.714. The van der Waals surface area contributed by atoms with Crippen LogP contribution in [0.15, 0.2) is 41.2 Å². The van der Waals surface area contributed by atoms with Gasteiger partial charge in [-0.2, -0.15) is 0 Å². The van der Waals surface area contributed by atoms with Crippen LogP contribution in [0.5, 0.6) is 0 Å². The fourth-order valence-corrected chi connectivity index (χ4v) is 6.80. The third-order valence-corrected chi connectivity index (χ3v) is 9.60. The van der Waals surface area contributed by atoms with Crippen molar-refractivity contribution in [1.29, 1.82) is 0 Å². The lowest BCUT2D eigenvalue weighted by atomic mass is 9.70. The fourth-order valence-electron chi connectivity index (χ4n) is 6.07. The van der Waals surface area contributed by atoms with E-state index in [9.17, 15) is 28.4 Å². The van der Waals surface area contributed by atoms with E-state index < -0.39 is 15.9 Å². The molecule has 3 aliphatic heterocycles. The molecule has 0 radical (unpaired) electrons. The van der Waals surface area contributed by atoms with Crippen molar-refractivity contribution in [2.75, 3.05) is 43.1 Å². The topological polar surface area (TPSA) is 138 Å². The van der Waals surface area contributed by atoms with Crippen LogP contribution in [0.4, 0.5) is 11.4 Å². The number of carbonyl (C=O) groups is 1. The molecule has 1 aromatic heterocycles. The number of pyridine rings is 1. The van der Waals surface area contributed by atoms with E-state index in [-0.39, 0.29) is 52.6 Å². The molecule has 0 spiro atoms. The maximum absolute atomic E-state index is 13.5. The number of piperidine rings is 1. The summed E-state index contributed by atoms with van der Waals surface area (Å²) in [4.78, 5) is 28.3. The second-order valence-corrected chi connectivity index (χ2v) is 12.3. The molecular weight excluding hydrogens is 486 g/mol. The first kappa shape index (κ1) is 24.8. The summed E-state index contributed by atoms with van der Waals surface area (Å²) in [5.41, 5.74) is 2.69. The van der Waals surface area contributed by atoms with Crippen molar-refractivity contribution >= 4 is 27.3 Å². The second-order valence-electron chi connectivity index (χ2n) is 10.0. The summed E-state index contributed by atoms with van der Waals surface area (Å²) in [7, 11) is -0.560. The van der Waals surface area contributed by atoms with Gasteiger partial charge in [-0.3, -0.25) is 14.8 Å². The molecule has 1 saturated heterocycles. The molecule has 2 bridgehead atoms. The average Bonchev–Trinajstić information content (AvgIpc) is 2.83. The summed E-state index contributed by atoms with van der Waals surface area (Å²) in [6.45, 7) is 1.09. The van der Waals surface area contributed by atoms with E-state index in [0.717, 1.165) is 27.7 Å². The maximum atomic E-state index is 13.5. The maximum Gasteiger partial charge on any atom is 0.250 e. The summed E-state index contributed by atoms with van der Waals surface area (Å²) in [5, 5.41) is 23.6. The van der Waals surface area contributed by atoms with Gasteiger partial charge in [-0.25, -0.2) is 12.7 Å². The predicted molar refractivity (Wildman–Crippen MR) is 134 cm³/mol. The van der Waals surface area contributed by atoms with Gasteiger partial charge >= 0.3 is 0 Å². The van der Waals surface area contributed by atoms with Crippen LogP contribution in [0, 0.1) is 17.0 Å². The number of benzene rings is 1. The summed E-state index contributed by atoms with van der Waals surface area (Å²) < 4.78 is 27.2. The Kier molecular flexibility index (Phi) is 6.31. The van der Waals surface area contributed by atoms with Crippen LogP contribution in [0.25, 0.3) is 0 Å². The summed E-state index contributed by atoms with van der Waals surface area (Å²) in [6.07, 6.45) is 1.18. The molecule has 36 heavy (non-hydrogen) atoms. The van der Waals surface area contributed by atoms with E-state index in [1.54, 1.807) is 30.3 Å². The van der Waals surface area contributed by atoms with Crippen molar-refractivity contribution in [3.05, 3.63) is 63.2 Å². The van der Waals surface area contributed by atoms with Crippen LogP contribution < -0.4 is 21.0 Å². The molecule has 0 saturated carbocycles. The van der Waals surface area contributed by atoms with E-state index in [2.05, 4.69) is 10.2 Å². The number of sulfonamides is 1. The van der Waals surface area contributed by atoms with Gasteiger partial charge in [0.15, 0.2) is 0 Å². The van der Waals surface area contributed by atoms with Gasteiger partial charge < -0.3 is 25.2 Å². The third-order valence-electron chi connectivity index (χ3n) is 7.76. The Bertz CT molecular complexity index is 1340. The molecule has 1 aromatic carbocycles. The standard InChI is InChI=1S/C24H30N5O6S/c1-26(2)36(34,35)9-8-25-24(31)19-12-15-11-18(29(32)33)6-7-21(15)28-13-16-10-17(23(19)28)14-27-20(16)4-3-5-22(27)30/h3-7,11,16-17,19,23,32H,8-10,12-14H2,1-2H3,(H,25,31)/q-1/t16?,17?,19-,23+/m1/s1. The van der Waals surface area contributed by atoms with E-state index in [1.165, 1.54) is 14.1 Å². The number of aromatic nitrogens is 1. The molecule has 194 valence electrons. The Labute approximate surface area is 209 Å². The number of hydrogen-bond acceptors (Lipinski definition) is 8. The van der Waals surface area contributed by atoms with E-state index >= 15 is 0 Å². The molecule has 2 N–H and O–H groups in total. The molecule has 4 heterocycles.